The monoisotopic (exact) mass is 99.1 g/mol. The second-order valence-electron chi connectivity index (χ2n) is 1.53. The van der Waals surface area contributed by atoms with Gasteiger partial charge in [0.2, 0.25) is 0 Å². The van der Waals surface area contributed by atoms with Crippen LogP contribution in [0.15, 0.2) is 4.99 Å². The quantitative estimate of drug-likeness (QED) is 0.371. The van der Waals surface area contributed by atoms with Crippen molar-refractivity contribution >= 4 is 6.21 Å². The maximum atomic E-state index is 4.81. The van der Waals surface area contributed by atoms with Crippen LogP contribution >= 0.6 is 0 Å². The number of epoxide rings is 1. The number of hydrogen-bond donors (Lipinski definition) is 0. The molecular formula is C5H9NO. The van der Waals surface area contributed by atoms with E-state index < -0.39 is 0 Å². The molecule has 0 aliphatic carbocycles. The lowest BCUT2D eigenvalue weighted by atomic mass is 10.5. The summed E-state index contributed by atoms with van der Waals surface area (Å²) in [7, 11) is 0. The molecule has 1 fully saturated rings. The molecule has 7 heavy (non-hydrogen) atoms. The molecule has 0 bridgehead atoms. The van der Waals surface area contributed by atoms with Crippen LogP contribution in [0.2, 0.25) is 0 Å². The van der Waals surface area contributed by atoms with Crippen molar-refractivity contribution in [2.45, 2.75) is 19.6 Å². The minimum Gasteiger partial charge on any atom is -0.349 e. The Kier molecular flexibility index (Phi) is 1.42. The predicted octanol–water partition coefficient (Wildman–Crippen LogP) is 0.824. The number of aliphatic imine (C=N–C) groups is 1. The lowest BCUT2D eigenvalue weighted by Gasteiger charge is -1.74. The fraction of sp³-hybridized carbons (Fsp3) is 0.800. The van der Waals surface area contributed by atoms with Crippen LogP contribution in [-0.4, -0.2) is 19.0 Å². The SMILES string of the molecule is CCC=NC1CO1. The average molecular weight is 99.1 g/mol. The molecule has 0 amide bonds. The molecule has 1 saturated heterocycles. The van der Waals surface area contributed by atoms with Crippen LogP contribution in [0.4, 0.5) is 0 Å². The highest BCUT2D eigenvalue weighted by Crippen LogP contribution is 2.08. The summed E-state index contributed by atoms with van der Waals surface area (Å²) >= 11 is 0. The molecule has 40 valence electrons. The summed E-state index contributed by atoms with van der Waals surface area (Å²) in [5.74, 6) is 0. The Morgan fingerprint density at radius 2 is 2.71 bits per heavy atom. The molecule has 2 nitrogen and oxygen atoms in total. The Labute approximate surface area is 43.2 Å². The molecule has 0 aromatic rings. The first-order valence-electron chi connectivity index (χ1n) is 2.56. The van der Waals surface area contributed by atoms with E-state index in [0.717, 1.165) is 13.0 Å². The van der Waals surface area contributed by atoms with Crippen LogP contribution in [0.3, 0.4) is 0 Å². The number of hydrogen-bond acceptors (Lipinski definition) is 2. The summed E-state index contributed by atoms with van der Waals surface area (Å²) in [6.45, 7) is 2.89. The Morgan fingerprint density at radius 3 is 3.14 bits per heavy atom. The van der Waals surface area contributed by atoms with E-state index in [9.17, 15) is 0 Å². The van der Waals surface area contributed by atoms with Crippen molar-refractivity contribution in [2.75, 3.05) is 6.61 Å². The molecule has 2 heteroatoms. The second kappa shape index (κ2) is 2.07. The van der Waals surface area contributed by atoms with Crippen molar-refractivity contribution < 1.29 is 4.74 Å². The van der Waals surface area contributed by atoms with Gasteiger partial charge < -0.3 is 4.74 Å². The predicted molar refractivity (Wildman–Crippen MR) is 28.5 cm³/mol. The van der Waals surface area contributed by atoms with E-state index in [1.165, 1.54) is 0 Å². The van der Waals surface area contributed by atoms with Crippen LogP contribution in [0, 0.1) is 0 Å². The Hall–Kier alpha value is -0.370. The third-order valence-electron chi connectivity index (χ3n) is 0.770. The van der Waals surface area contributed by atoms with Gasteiger partial charge in [0.05, 0.1) is 6.61 Å². The zero-order valence-electron chi connectivity index (χ0n) is 4.42. The summed E-state index contributed by atoms with van der Waals surface area (Å²) in [6, 6.07) is 0. The first-order chi connectivity index (χ1) is 3.43. The summed E-state index contributed by atoms with van der Waals surface area (Å²) in [5, 5.41) is 0. The zero-order chi connectivity index (χ0) is 5.11. The molecule has 0 radical (unpaired) electrons. The van der Waals surface area contributed by atoms with Crippen LogP contribution < -0.4 is 0 Å². The molecule has 0 aromatic heterocycles. The minimum absolute atomic E-state index is 0.222. The summed E-state index contributed by atoms with van der Waals surface area (Å²) in [5.41, 5.74) is 0. The summed E-state index contributed by atoms with van der Waals surface area (Å²) in [4.78, 5) is 4.01. The molecule has 0 spiro atoms. The summed E-state index contributed by atoms with van der Waals surface area (Å²) < 4.78 is 4.81. The minimum atomic E-state index is 0.222. The van der Waals surface area contributed by atoms with E-state index in [2.05, 4.69) is 11.9 Å². The van der Waals surface area contributed by atoms with Crippen LogP contribution in [0.25, 0.3) is 0 Å². The summed E-state index contributed by atoms with van der Waals surface area (Å²) in [6.07, 6.45) is 3.12. The van der Waals surface area contributed by atoms with E-state index in [1.807, 2.05) is 6.21 Å². The fourth-order valence-corrected chi connectivity index (χ4v) is 0.352. The Balaban J connectivity index is 2.05. The lowest BCUT2D eigenvalue weighted by molar-refractivity contribution is 0.416. The molecular weight excluding hydrogens is 90.1 g/mol. The van der Waals surface area contributed by atoms with Gasteiger partial charge >= 0.3 is 0 Å². The van der Waals surface area contributed by atoms with Crippen molar-refractivity contribution in [3.05, 3.63) is 0 Å². The Bertz CT molecular complexity index is 76.1. The molecule has 1 atom stereocenters. The fourth-order valence-electron chi connectivity index (χ4n) is 0.352. The molecule has 1 heterocycles. The van der Waals surface area contributed by atoms with E-state index in [-0.39, 0.29) is 6.23 Å². The van der Waals surface area contributed by atoms with Gasteiger partial charge in [-0.15, -0.1) is 0 Å². The molecule has 1 aliphatic heterocycles. The van der Waals surface area contributed by atoms with Gasteiger partial charge in [-0.1, -0.05) is 6.92 Å². The van der Waals surface area contributed by atoms with Crippen LogP contribution in [-0.2, 0) is 4.74 Å². The number of nitrogens with zero attached hydrogens (tertiary/aromatic N) is 1. The van der Waals surface area contributed by atoms with E-state index >= 15 is 0 Å². The highest BCUT2D eigenvalue weighted by atomic mass is 16.6. The molecule has 0 N–H and O–H groups in total. The first-order valence-corrected chi connectivity index (χ1v) is 2.56. The topological polar surface area (TPSA) is 24.9 Å². The van der Waals surface area contributed by atoms with Gasteiger partial charge in [-0.25, -0.2) is 0 Å². The highest BCUT2D eigenvalue weighted by molar-refractivity contribution is 5.56. The third-order valence-corrected chi connectivity index (χ3v) is 0.770. The highest BCUT2D eigenvalue weighted by Gasteiger charge is 2.18. The lowest BCUT2D eigenvalue weighted by Crippen LogP contribution is -1.76. The largest absolute Gasteiger partial charge is 0.349 e. The molecule has 1 unspecified atom stereocenters. The van der Waals surface area contributed by atoms with E-state index in [4.69, 9.17) is 4.74 Å². The van der Waals surface area contributed by atoms with Crippen molar-refractivity contribution in [2.24, 2.45) is 4.99 Å². The first kappa shape index (κ1) is 4.78. The van der Waals surface area contributed by atoms with Crippen molar-refractivity contribution in [1.29, 1.82) is 0 Å². The van der Waals surface area contributed by atoms with Gasteiger partial charge in [0, 0.05) is 6.21 Å². The van der Waals surface area contributed by atoms with Gasteiger partial charge in [0.1, 0.15) is 0 Å². The van der Waals surface area contributed by atoms with Gasteiger partial charge in [0.15, 0.2) is 6.23 Å². The van der Waals surface area contributed by atoms with E-state index in [0.29, 0.717) is 0 Å². The maximum absolute atomic E-state index is 4.81. The number of rotatable bonds is 2. The van der Waals surface area contributed by atoms with Crippen LogP contribution in [0.1, 0.15) is 13.3 Å². The Morgan fingerprint density at radius 1 is 2.00 bits per heavy atom. The number of ether oxygens (including phenoxy) is 1. The van der Waals surface area contributed by atoms with E-state index in [1.54, 1.807) is 0 Å². The maximum Gasteiger partial charge on any atom is 0.171 e. The molecule has 1 rings (SSSR count). The second-order valence-corrected chi connectivity index (χ2v) is 1.53. The van der Waals surface area contributed by atoms with Gasteiger partial charge in [-0.3, -0.25) is 4.99 Å². The van der Waals surface area contributed by atoms with Crippen molar-refractivity contribution in [3.63, 3.8) is 0 Å². The van der Waals surface area contributed by atoms with Gasteiger partial charge in [0.25, 0.3) is 0 Å². The third kappa shape index (κ3) is 1.69. The molecule has 1 aliphatic rings. The van der Waals surface area contributed by atoms with Gasteiger partial charge in [-0.05, 0) is 6.42 Å². The van der Waals surface area contributed by atoms with Crippen molar-refractivity contribution in [1.82, 2.24) is 0 Å². The zero-order valence-corrected chi connectivity index (χ0v) is 4.42. The average Bonchev–Trinajstić information content (AvgIpc) is 2.42. The smallest absolute Gasteiger partial charge is 0.171 e. The van der Waals surface area contributed by atoms with Crippen LogP contribution in [0.5, 0.6) is 0 Å². The van der Waals surface area contributed by atoms with Gasteiger partial charge in [-0.2, -0.15) is 0 Å². The normalized spacial score (nSPS) is 29.0. The van der Waals surface area contributed by atoms with Crippen molar-refractivity contribution in [3.8, 4) is 0 Å². The molecule has 0 saturated carbocycles. The standard InChI is InChI=1S/C5H9NO/c1-2-3-6-5-4-7-5/h3,5H,2,4H2,1H3. The molecule has 0 aromatic carbocycles.